The van der Waals surface area contributed by atoms with Gasteiger partial charge in [-0.05, 0) is 111 Å². The summed E-state index contributed by atoms with van der Waals surface area (Å²) in [5.41, 5.74) is 0.754. The third-order valence-electron chi connectivity index (χ3n) is 10.6. The van der Waals surface area contributed by atoms with Gasteiger partial charge in [0.15, 0.2) is 0 Å². The summed E-state index contributed by atoms with van der Waals surface area (Å²) in [5, 5.41) is 10.2. The monoisotopic (exact) mass is 490 g/mol. The SMILES string of the molecule is C.CC.CC.CC(CCCC1CCC2C3CC[C@H]4CC(O)CCC4(C)C3CCC12C)C(F)(F)F. The van der Waals surface area contributed by atoms with Crippen molar-refractivity contribution in [2.75, 3.05) is 0 Å². The van der Waals surface area contributed by atoms with Crippen LogP contribution in [0, 0.1) is 46.3 Å². The fraction of sp³-hybridized carbons (Fsp3) is 1.00. The summed E-state index contributed by atoms with van der Waals surface area (Å²) >= 11 is 0. The third kappa shape index (κ3) is 6.17. The fourth-order valence-electron chi connectivity index (χ4n) is 8.65. The zero-order valence-electron chi connectivity index (χ0n) is 22.6. The van der Waals surface area contributed by atoms with E-state index in [2.05, 4.69) is 13.8 Å². The topological polar surface area (TPSA) is 20.2 Å². The molecule has 4 rings (SSSR count). The molecule has 0 aromatic carbocycles. The van der Waals surface area contributed by atoms with Gasteiger partial charge in [-0.3, -0.25) is 0 Å². The molecule has 0 spiro atoms. The van der Waals surface area contributed by atoms with Crippen LogP contribution in [0.15, 0.2) is 0 Å². The maximum absolute atomic E-state index is 12.9. The highest BCUT2D eigenvalue weighted by molar-refractivity contribution is 5.09. The normalized spacial score (nSPS) is 41.7. The van der Waals surface area contributed by atoms with Crippen LogP contribution in [-0.4, -0.2) is 17.4 Å². The molecule has 1 nitrogen and oxygen atoms in total. The predicted octanol–water partition coefficient (Wildman–Crippen LogP) is 10.1. The maximum Gasteiger partial charge on any atom is 0.391 e. The molecule has 8 unspecified atom stereocenters. The first-order chi connectivity index (χ1) is 15.6. The standard InChI is InChI=1S/C25H41F3O.2C2H6.CH4/c1-16(25(26,27)28)5-4-6-17-8-10-21-20-9-7-18-15-19(29)11-13-24(18,3)22(20)12-14-23(17,21)2;2*1-2;/h16-22,29H,4-15H2,1-3H3;2*1-2H3;1H4/t16?,17?,18-,19?,20?,21?,22?,23?,24?;;;/m0.../s1. The van der Waals surface area contributed by atoms with Crippen LogP contribution >= 0.6 is 0 Å². The molecule has 1 N–H and O–H groups in total. The maximum atomic E-state index is 12.9. The summed E-state index contributed by atoms with van der Waals surface area (Å²) in [4.78, 5) is 0. The Morgan fingerprint density at radius 3 is 2.06 bits per heavy atom. The van der Waals surface area contributed by atoms with E-state index in [1.807, 2.05) is 27.7 Å². The number of rotatable bonds is 4. The molecular formula is C30H57F3O. The van der Waals surface area contributed by atoms with Gasteiger partial charge >= 0.3 is 6.18 Å². The van der Waals surface area contributed by atoms with Gasteiger partial charge in [0.05, 0.1) is 12.0 Å². The molecule has 4 fully saturated rings. The lowest BCUT2D eigenvalue weighted by atomic mass is 9.44. The Morgan fingerprint density at radius 2 is 1.44 bits per heavy atom. The van der Waals surface area contributed by atoms with Crippen molar-refractivity contribution < 1.29 is 18.3 Å². The molecule has 9 atom stereocenters. The van der Waals surface area contributed by atoms with Crippen LogP contribution in [0.4, 0.5) is 13.2 Å². The van der Waals surface area contributed by atoms with Gasteiger partial charge < -0.3 is 5.11 Å². The van der Waals surface area contributed by atoms with E-state index in [1.54, 1.807) is 0 Å². The lowest BCUT2D eigenvalue weighted by molar-refractivity contribution is -0.171. The number of halogens is 3. The van der Waals surface area contributed by atoms with Crippen molar-refractivity contribution >= 4 is 0 Å². The molecule has 0 aromatic heterocycles. The largest absolute Gasteiger partial charge is 0.393 e. The minimum Gasteiger partial charge on any atom is -0.393 e. The first-order valence-electron chi connectivity index (χ1n) is 14.3. The van der Waals surface area contributed by atoms with E-state index in [1.165, 1.54) is 51.9 Å². The Morgan fingerprint density at radius 1 is 0.853 bits per heavy atom. The second kappa shape index (κ2) is 12.8. The highest BCUT2D eigenvalue weighted by atomic mass is 19.4. The summed E-state index contributed by atoms with van der Waals surface area (Å²) in [6.07, 6.45) is 8.69. The molecule has 0 saturated heterocycles. The highest BCUT2D eigenvalue weighted by Gasteiger charge is 2.59. The average Bonchev–Trinajstić information content (AvgIpc) is 3.12. The summed E-state index contributed by atoms with van der Waals surface area (Å²) in [7, 11) is 0. The van der Waals surface area contributed by atoms with Gasteiger partial charge in [-0.1, -0.05) is 62.3 Å². The van der Waals surface area contributed by atoms with Crippen LogP contribution in [0.2, 0.25) is 0 Å². The molecular weight excluding hydrogens is 433 g/mol. The molecule has 0 heterocycles. The van der Waals surface area contributed by atoms with E-state index in [4.69, 9.17) is 0 Å². The molecule has 0 amide bonds. The quantitative estimate of drug-likeness (QED) is 0.415. The molecule has 4 aliphatic carbocycles. The van der Waals surface area contributed by atoms with Crippen molar-refractivity contribution in [3.8, 4) is 0 Å². The Labute approximate surface area is 210 Å². The van der Waals surface area contributed by atoms with Gasteiger partial charge in [0.2, 0.25) is 0 Å². The summed E-state index contributed by atoms with van der Waals surface area (Å²) < 4.78 is 38.6. The Kier molecular flexibility index (Phi) is 12.0. The predicted molar refractivity (Wildman–Crippen MR) is 140 cm³/mol. The van der Waals surface area contributed by atoms with Crippen molar-refractivity contribution in [3.05, 3.63) is 0 Å². The van der Waals surface area contributed by atoms with E-state index < -0.39 is 12.1 Å². The summed E-state index contributed by atoms with van der Waals surface area (Å²) in [5.74, 6) is 2.53. The molecule has 0 aromatic rings. The second-order valence-corrected chi connectivity index (χ2v) is 11.8. The van der Waals surface area contributed by atoms with Gasteiger partial charge in [-0.15, -0.1) is 0 Å². The number of fused-ring (bicyclic) bond motifs is 5. The molecule has 0 aliphatic heterocycles. The van der Waals surface area contributed by atoms with Crippen molar-refractivity contribution in [3.63, 3.8) is 0 Å². The number of aliphatic hydroxyl groups excluding tert-OH is 1. The zero-order valence-corrected chi connectivity index (χ0v) is 22.6. The first kappa shape index (κ1) is 31.8. The average molecular weight is 491 g/mol. The number of hydrogen-bond donors (Lipinski definition) is 1. The summed E-state index contributed by atoms with van der Waals surface area (Å²) in [6.45, 7) is 14.3. The molecule has 0 radical (unpaired) electrons. The van der Waals surface area contributed by atoms with Crippen LogP contribution in [-0.2, 0) is 0 Å². The minimum absolute atomic E-state index is 0. The van der Waals surface area contributed by atoms with Crippen LogP contribution in [0.3, 0.4) is 0 Å². The molecule has 4 aliphatic rings. The van der Waals surface area contributed by atoms with E-state index in [0.717, 1.165) is 43.4 Å². The Balaban J connectivity index is 0.00000110. The lowest BCUT2D eigenvalue weighted by Crippen LogP contribution is -2.53. The molecule has 4 heteroatoms. The Bertz CT molecular complexity index is 590. The molecule has 204 valence electrons. The number of aliphatic hydroxyl groups is 1. The van der Waals surface area contributed by atoms with E-state index in [9.17, 15) is 18.3 Å². The van der Waals surface area contributed by atoms with Crippen molar-refractivity contribution in [1.82, 2.24) is 0 Å². The van der Waals surface area contributed by atoms with Gasteiger partial charge in [0.25, 0.3) is 0 Å². The van der Waals surface area contributed by atoms with Gasteiger partial charge in [0, 0.05) is 0 Å². The molecule has 4 saturated carbocycles. The molecule has 0 bridgehead atoms. The van der Waals surface area contributed by atoms with Crippen molar-refractivity contribution in [1.29, 1.82) is 0 Å². The van der Waals surface area contributed by atoms with Crippen LogP contribution in [0.5, 0.6) is 0 Å². The zero-order chi connectivity index (χ0) is 25.0. The summed E-state index contributed by atoms with van der Waals surface area (Å²) in [6, 6.07) is 0. The van der Waals surface area contributed by atoms with E-state index in [0.29, 0.717) is 22.7 Å². The van der Waals surface area contributed by atoms with Gasteiger partial charge in [0.1, 0.15) is 0 Å². The van der Waals surface area contributed by atoms with Crippen LogP contribution in [0.25, 0.3) is 0 Å². The highest BCUT2D eigenvalue weighted by Crippen LogP contribution is 2.67. The van der Waals surface area contributed by atoms with Crippen LogP contribution < -0.4 is 0 Å². The van der Waals surface area contributed by atoms with E-state index in [-0.39, 0.29) is 20.0 Å². The first-order valence-corrected chi connectivity index (χ1v) is 14.3. The van der Waals surface area contributed by atoms with Gasteiger partial charge in [-0.2, -0.15) is 13.2 Å². The number of alkyl halides is 3. The van der Waals surface area contributed by atoms with Crippen LogP contribution in [0.1, 0.15) is 133 Å². The number of hydrogen-bond acceptors (Lipinski definition) is 1. The minimum atomic E-state index is -4.04. The third-order valence-corrected chi connectivity index (χ3v) is 10.6. The van der Waals surface area contributed by atoms with Crippen molar-refractivity contribution in [2.45, 2.75) is 145 Å². The van der Waals surface area contributed by atoms with Crippen molar-refractivity contribution in [2.24, 2.45) is 46.3 Å². The molecule has 34 heavy (non-hydrogen) atoms. The Hall–Kier alpha value is -0.250. The second-order valence-electron chi connectivity index (χ2n) is 11.8. The fourth-order valence-corrected chi connectivity index (χ4v) is 8.65. The lowest BCUT2D eigenvalue weighted by Gasteiger charge is -2.61. The van der Waals surface area contributed by atoms with E-state index >= 15 is 0 Å². The smallest absolute Gasteiger partial charge is 0.391 e. The van der Waals surface area contributed by atoms with Gasteiger partial charge in [-0.25, -0.2) is 0 Å².